The van der Waals surface area contributed by atoms with Crippen molar-refractivity contribution < 1.29 is 9.32 Å². The third kappa shape index (κ3) is 3.99. The summed E-state index contributed by atoms with van der Waals surface area (Å²) in [5, 5.41) is 10.4. The van der Waals surface area contributed by atoms with Gasteiger partial charge in [-0.25, -0.2) is 0 Å². The molecule has 8 heteroatoms. The van der Waals surface area contributed by atoms with Gasteiger partial charge in [0.25, 0.3) is 0 Å². The Labute approximate surface area is 153 Å². The summed E-state index contributed by atoms with van der Waals surface area (Å²) < 4.78 is 6.31. The minimum absolute atomic E-state index is 0.0225. The first kappa shape index (κ1) is 17.4. The van der Waals surface area contributed by atoms with E-state index in [9.17, 15) is 4.79 Å². The predicted molar refractivity (Wildman–Crippen MR) is 97.0 cm³/mol. The van der Waals surface area contributed by atoms with E-state index in [-0.39, 0.29) is 23.4 Å². The van der Waals surface area contributed by atoms with Gasteiger partial charge in [0.15, 0.2) is 0 Å². The Bertz CT molecular complexity index is 706. The van der Waals surface area contributed by atoms with E-state index >= 15 is 0 Å². The van der Waals surface area contributed by atoms with E-state index in [2.05, 4.69) is 36.7 Å². The van der Waals surface area contributed by atoms with Crippen molar-refractivity contribution in [2.75, 3.05) is 0 Å². The first-order chi connectivity index (χ1) is 11.6. The Balaban J connectivity index is 1.58. The highest BCUT2D eigenvalue weighted by Gasteiger charge is 2.32. The van der Waals surface area contributed by atoms with Crippen LogP contribution in [-0.4, -0.2) is 27.6 Å². The molecular weight excluding hydrogens is 392 g/mol. The zero-order valence-corrected chi connectivity index (χ0v) is 15.9. The van der Waals surface area contributed by atoms with Crippen LogP contribution in [0.1, 0.15) is 26.2 Å². The number of hydrogen-bond acceptors (Lipinski definition) is 6. The van der Waals surface area contributed by atoms with Crippen molar-refractivity contribution in [3.05, 3.63) is 34.6 Å². The van der Waals surface area contributed by atoms with Gasteiger partial charge in [-0.05, 0) is 37.6 Å². The number of nitrogens with zero attached hydrogens (tertiary/aromatic N) is 2. The van der Waals surface area contributed by atoms with Crippen molar-refractivity contribution in [3.63, 3.8) is 0 Å². The van der Waals surface area contributed by atoms with Gasteiger partial charge >= 0.3 is 0 Å². The van der Waals surface area contributed by atoms with Crippen molar-refractivity contribution in [1.82, 2.24) is 20.8 Å². The van der Waals surface area contributed by atoms with Crippen LogP contribution in [0.25, 0.3) is 11.4 Å². The smallest absolute Gasteiger partial charge is 0.237 e. The molecule has 1 fully saturated rings. The predicted octanol–water partition coefficient (Wildman–Crippen LogP) is 3.15. The van der Waals surface area contributed by atoms with E-state index in [1.54, 1.807) is 0 Å². The monoisotopic (exact) mass is 410 g/mol. The van der Waals surface area contributed by atoms with Crippen molar-refractivity contribution >= 4 is 33.6 Å². The van der Waals surface area contributed by atoms with Gasteiger partial charge in [-0.1, -0.05) is 28.0 Å². The average Bonchev–Trinajstić information content (AvgIpc) is 3.02. The molecule has 2 heterocycles. The van der Waals surface area contributed by atoms with E-state index < -0.39 is 0 Å². The van der Waals surface area contributed by atoms with E-state index in [0.29, 0.717) is 17.5 Å². The lowest BCUT2D eigenvalue weighted by Gasteiger charge is -2.34. The number of amides is 1. The fourth-order valence-corrected chi connectivity index (χ4v) is 3.87. The topological polar surface area (TPSA) is 80.1 Å². The molecule has 1 aliphatic rings. The third-order valence-electron chi connectivity index (χ3n) is 4.01. The average molecular weight is 411 g/mol. The quantitative estimate of drug-likeness (QED) is 0.787. The third-order valence-corrected chi connectivity index (χ3v) is 5.54. The lowest BCUT2D eigenvalue weighted by molar-refractivity contribution is -0.128. The molecule has 1 saturated heterocycles. The molecule has 128 valence electrons. The minimum Gasteiger partial charge on any atom is -0.338 e. The first-order valence-corrected chi connectivity index (χ1v) is 9.67. The Hall–Kier alpha value is -1.38. The summed E-state index contributed by atoms with van der Waals surface area (Å²) in [6.07, 6.45) is 0.831. The fourth-order valence-electron chi connectivity index (χ4n) is 2.67. The Kier molecular flexibility index (Phi) is 5.57. The van der Waals surface area contributed by atoms with Crippen LogP contribution in [0.15, 0.2) is 33.3 Å². The molecule has 1 aliphatic heterocycles. The standard InChI is InChI=1S/C16H19BrN4O2S/c1-3-12-9(2)18-16(20-15(12)22)24-8-13-19-14(21-23-13)10-4-6-11(17)7-5-10/h4-7,9,12,16,18H,3,8H2,1-2H3,(H,20,22). The summed E-state index contributed by atoms with van der Waals surface area (Å²) in [4.78, 5) is 16.5. The lowest BCUT2D eigenvalue weighted by atomic mass is 9.96. The summed E-state index contributed by atoms with van der Waals surface area (Å²) in [7, 11) is 0. The molecule has 24 heavy (non-hydrogen) atoms. The molecule has 0 saturated carbocycles. The molecule has 0 spiro atoms. The maximum atomic E-state index is 12.1. The molecule has 1 amide bonds. The van der Waals surface area contributed by atoms with Crippen molar-refractivity contribution in [2.24, 2.45) is 5.92 Å². The normalized spacial score (nSPS) is 24.0. The number of thioether (sulfide) groups is 1. The van der Waals surface area contributed by atoms with E-state index in [1.165, 1.54) is 11.8 Å². The van der Waals surface area contributed by atoms with Gasteiger partial charge in [0.2, 0.25) is 17.6 Å². The first-order valence-electron chi connectivity index (χ1n) is 7.83. The SMILES string of the molecule is CCC1C(=O)NC(SCc2nc(-c3ccc(Br)cc3)no2)NC1C. The van der Waals surface area contributed by atoms with Crippen LogP contribution in [0.4, 0.5) is 0 Å². The largest absolute Gasteiger partial charge is 0.338 e. The minimum atomic E-state index is -0.140. The Morgan fingerprint density at radius 1 is 1.33 bits per heavy atom. The van der Waals surface area contributed by atoms with Gasteiger partial charge in [0, 0.05) is 16.1 Å². The highest BCUT2D eigenvalue weighted by molar-refractivity contribution is 9.10. The number of nitrogens with one attached hydrogen (secondary N) is 2. The maximum Gasteiger partial charge on any atom is 0.237 e. The van der Waals surface area contributed by atoms with Gasteiger partial charge < -0.3 is 9.84 Å². The number of aromatic nitrogens is 2. The van der Waals surface area contributed by atoms with Crippen LogP contribution in [0, 0.1) is 5.92 Å². The van der Waals surface area contributed by atoms with E-state index in [0.717, 1.165) is 16.5 Å². The van der Waals surface area contributed by atoms with Crippen LogP contribution in [0.5, 0.6) is 0 Å². The van der Waals surface area contributed by atoms with Gasteiger partial charge in [-0.3, -0.25) is 10.1 Å². The zero-order chi connectivity index (χ0) is 17.1. The Morgan fingerprint density at radius 3 is 2.75 bits per heavy atom. The number of benzene rings is 1. The Morgan fingerprint density at radius 2 is 2.08 bits per heavy atom. The molecule has 3 unspecified atom stereocenters. The highest BCUT2D eigenvalue weighted by atomic mass is 79.9. The summed E-state index contributed by atoms with van der Waals surface area (Å²) in [5.74, 6) is 1.76. The van der Waals surface area contributed by atoms with Crippen molar-refractivity contribution in [3.8, 4) is 11.4 Å². The van der Waals surface area contributed by atoms with Crippen molar-refractivity contribution in [2.45, 2.75) is 37.6 Å². The molecule has 2 N–H and O–H groups in total. The van der Waals surface area contributed by atoms with Gasteiger partial charge in [-0.15, -0.1) is 11.8 Å². The maximum absolute atomic E-state index is 12.1. The molecule has 6 nitrogen and oxygen atoms in total. The zero-order valence-electron chi connectivity index (χ0n) is 13.5. The van der Waals surface area contributed by atoms with Crippen LogP contribution in [-0.2, 0) is 10.5 Å². The van der Waals surface area contributed by atoms with Gasteiger partial charge in [-0.2, -0.15) is 4.98 Å². The number of carbonyl (C=O) groups is 1. The summed E-state index contributed by atoms with van der Waals surface area (Å²) in [5.41, 5.74) is 0.764. The van der Waals surface area contributed by atoms with Crippen LogP contribution in [0.3, 0.4) is 0 Å². The molecule has 0 aliphatic carbocycles. The van der Waals surface area contributed by atoms with Crippen LogP contribution < -0.4 is 10.6 Å². The van der Waals surface area contributed by atoms with Crippen LogP contribution >= 0.6 is 27.7 Å². The van der Waals surface area contributed by atoms with E-state index in [1.807, 2.05) is 38.1 Å². The lowest BCUT2D eigenvalue weighted by Crippen LogP contribution is -2.58. The van der Waals surface area contributed by atoms with Gasteiger partial charge in [0.1, 0.15) is 5.50 Å². The second kappa shape index (κ2) is 7.67. The molecule has 3 rings (SSSR count). The number of hydrogen-bond donors (Lipinski definition) is 2. The highest BCUT2D eigenvalue weighted by Crippen LogP contribution is 2.23. The number of rotatable bonds is 5. The summed E-state index contributed by atoms with van der Waals surface area (Å²) in [6, 6.07) is 7.89. The van der Waals surface area contributed by atoms with Crippen LogP contribution in [0.2, 0.25) is 0 Å². The van der Waals surface area contributed by atoms with E-state index in [4.69, 9.17) is 4.52 Å². The number of carbonyl (C=O) groups excluding carboxylic acids is 1. The molecule has 0 bridgehead atoms. The number of halogens is 1. The molecule has 3 atom stereocenters. The molecular formula is C16H19BrN4O2S. The molecule has 1 aromatic heterocycles. The van der Waals surface area contributed by atoms with Gasteiger partial charge in [0.05, 0.1) is 11.7 Å². The second-order valence-electron chi connectivity index (χ2n) is 5.69. The molecule has 2 aromatic rings. The summed E-state index contributed by atoms with van der Waals surface area (Å²) >= 11 is 4.94. The van der Waals surface area contributed by atoms with Crippen molar-refractivity contribution in [1.29, 1.82) is 0 Å². The summed E-state index contributed by atoms with van der Waals surface area (Å²) in [6.45, 7) is 4.07. The fraction of sp³-hybridized carbons (Fsp3) is 0.438. The second-order valence-corrected chi connectivity index (χ2v) is 7.70. The molecule has 1 aromatic carbocycles. The molecule has 0 radical (unpaired) electrons.